The molecule has 1 aliphatic heterocycles. The Labute approximate surface area is 162 Å². The van der Waals surface area contributed by atoms with Gasteiger partial charge >= 0.3 is 5.69 Å². The van der Waals surface area contributed by atoms with Gasteiger partial charge in [0.1, 0.15) is 6.33 Å². The predicted molar refractivity (Wildman–Crippen MR) is 109 cm³/mol. The Morgan fingerprint density at radius 3 is 2.33 bits per heavy atom. The molecule has 1 aliphatic rings. The molecule has 0 bridgehead atoms. The lowest BCUT2D eigenvalue weighted by molar-refractivity contribution is -0.383. The molecular formula is C19H34N6O2. The molecule has 1 N–H and O–H groups in total. The molecule has 0 saturated carbocycles. The summed E-state index contributed by atoms with van der Waals surface area (Å²) >= 11 is 0. The first-order valence-corrected chi connectivity index (χ1v) is 10.1. The Hall–Kier alpha value is -1.96. The van der Waals surface area contributed by atoms with Gasteiger partial charge in [0.15, 0.2) is 0 Å². The van der Waals surface area contributed by atoms with E-state index in [-0.39, 0.29) is 10.6 Å². The molecule has 1 aromatic rings. The van der Waals surface area contributed by atoms with E-state index in [1.807, 2.05) is 4.90 Å². The van der Waals surface area contributed by atoms with Crippen molar-refractivity contribution in [3.8, 4) is 0 Å². The standard InChI is InChI=1S/C19H34N6O2/c1-15(2)12-24(13-16(3)4)19-17(25(26)27)18(21-14-22-19)20-8-11-23-9-6-5-7-10-23/h14-16H,5-13H2,1-4H3,(H,20,21,22). The predicted octanol–water partition coefficient (Wildman–Crippen LogP) is 3.40. The summed E-state index contributed by atoms with van der Waals surface area (Å²) < 4.78 is 0. The van der Waals surface area contributed by atoms with Gasteiger partial charge in [-0.25, -0.2) is 9.97 Å². The van der Waals surface area contributed by atoms with Crippen molar-refractivity contribution in [3.63, 3.8) is 0 Å². The zero-order chi connectivity index (χ0) is 19.8. The van der Waals surface area contributed by atoms with Gasteiger partial charge < -0.3 is 15.1 Å². The van der Waals surface area contributed by atoms with Gasteiger partial charge in [-0.3, -0.25) is 10.1 Å². The van der Waals surface area contributed by atoms with Crippen molar-refractivity contribution in [1.82, 2.24) is 14.9 Å². The highest BCUT2D eigenvalue weighted by Crippen LogP contribution is 2.32. The lowest BCUT2D eigenvalue weighted by Gasteiger charge is -2.28. The van der Waals surface area contributed by atoms with E-state index in [0.29, 0.717) is 30.0 Å². The molecule has 0 aromatic carbocycles. The van der Waals surface area contributed by atoms with Gasteiger partial charge in [-0.05, 0) is 37.8 Å². The van der Waals surface area contributed by atoms with Crippen LogP contribution in [0.3, 0.4) is 0 Å². The third-order valence-corrected chi connectivity index (χ3v) is 4.63. The molecule has 27 heavy (non-hydrogen) atoms. The minimum absolute atomic E-state index is 0.0163. The minimum Gasteiger partial charge on any atom is -0.363 e. The number of nitro groups is 1. The van der Waals surface area contributed by atoms with E-state index in [1.54, 1.807) is 0 Å². The summed E-state index contributed by atoms with van der Waals surface area (Å²) in [6.45, 7) is 13.6. The van der Waals surface area contributed by atoms with Gasteiger partial charge in [0.25, 0.3) is 0 Å². The highest BCUT2D eigenvalue weighted by atomic mass is 16.6. The maximum Gasteiger partial charge on any atom is 0.353 e. The van der Waals surface area contributed by atoms with E-state index in [4.69, 9.17) is 0 Å². The monoisotopic (exact) mass is 378 g/mol. The largest absolute Gasteiger partial charge is 0.363 e. The molecule has 152 valence electrons. The Bertz CT molecular complexity index is 592. The van der Waals surface area contributed by atoms with Gasteiger partial charge in [0.2, 0.25) is 11.6 Å². The summed E-state index contributed by atoms with van der Waals surface area (Å²) in [5.41, 5.74) is -0.0163. The lowest BCUT2D eigenvalue weighted by atomic mass is 10.1. The van der Waals surface area contributed by atoms with Gasteiger partial charge in [0.05, 0.1) is 4.92 Å². The number of nitrogens with zero attached hydrogens (tertiary/aromatic N) is 5. The molecule has 8 nitrogen and oxygen atoms in total. The second-order valence-corrected chi connectivity index (χ2v) is 8.17. The number of anilines is 2. The third kappa shape index (κ3) is 6.61. The lowest BCUT2D eigenvalue weighted by Crippen LogP contribution is -2.34. The molecular weight excluding hydrogens is 344 g/mol. The summed E-state index contributed by atoms with van der Waals surface area (Å²) in [5, 5.41) is 15.0. The summed E-state index contributed by atoms with van der Waals surface area (Å²) in [4.78, 5) is 24.4. The summed E-state index contributed by atoms with van der Waals surface area (Å²) in [6.07, 6.45) is 5.19. The zero-order valence-electron chi connectivity index (χ0n) is 17.1. The van der Waals surface area contributed by atoms with Gasteiger partial charge in [-0.1, -0.05) is 34.1 Å². The fourth-order valence-corrected chi connectivity index (χ4v) is 3.54. The number of rotatable bonds is 10. The molecule has 0 spiro atoms. The molecule has 2 heterocycles. The Balaban J connectivity index is 2.16. The highest BCUT2D eigenvalue weighted by molar-refractivity contribution is 5.70. The second-order valence-electron chi connectivity index (χ2n) is 8.17. The number of piperidine rings is 1. The Morgan fingerprint density at radius 2 is 1.78 bits per heavy atom. The van der Waals surface area contributed by atoms with E-state index in [0.717, 1.165) is 32.7 Å². The number of aromatic nitrogens is 2. The molecule has 1 fully saturated rings. The van der Waals surface area contributed by atoms with Crippen molar-refractivity contribution in [2.75, 3.05) is 49.5 Å². The van der Waals surface area contributed by atoms with Crippen molar-refractivity contribution in [2.24, 2.45) is 11.8 Å². The average Bonchev–Trinajstić information content (AvgIpc) is 2.61. The van der Waals surface area contributed by atoms with E-state index in [1.165, 1.54) is 25.6 Å². The molecule has 1 aromatic heterocycles. The maximum atomic E-state index is 11.8. The molecule has 1 saturated heterocycles. The first-order valence-electron chi connectivity index (χ1n) is 10.1. The third-order valence-electron chi connectivity index (χ3n) is 4.63. The van der Waals surface area contributed by atoms with E-state index in [9.17, 15) is 10.1 Å². The second kappa shape index (κ2) is 10.4. The minimum atomic E-state index is -0.355. The normalized spacial score (nSPS) is 15.3. The average molecular weight is 379 g/mol. The number of likely N-dealkylation sites (tertiary alicyclic amines) is 1. The van der Waals surface area contributed by atoms with Crippen molar-refractivity contribution in [2.45, 2.75) is 47.0 Å². The van der Waals surface area contributed by atoms with Crippen LogP contribution in [-0.2, 0) is 0 Å². The first kappa shape index (κ1) is 21.3. The quantitative estimate of drug-likeness (QED) is 0.493. The maximum absolute atomic E-state index is 11.8. The van der Waals surface area contributed by atoms with E-state index in [2.05, 4.69) is 47.9 Å². The van der Waals surface area contributed by atoms with E-state index < -0.39 is 0 Å². The van der Waals surface area contributed by atoms with Crippen LogP contribution in [0.2, 0.25) is 0 Å². The smallest absolute Gasteiger partial charge is 0.353 e. The molecule has 0 aliphatic carbocycles. The zero-order valence-corrected chi connectivity index (χ0v) is 17.1. The SMILES string of the molecule is CC(C)CN(CC(C)C)c1ncnc(NCCN2CCCCC2)c1[N+](=O)[O-]. The molecule has 0 atom stereocenters. The van der Waals surface area contributed by atoms with Crippen LogP contribution in [-0.4, -0.2) is 59.1 Å². The van der Waals surface area contributed by atoms with Crippen LogP contribution in [0.15, 0.2) is 6.33 Å². The topological polar surface area (TPSA) is 87.4 Å². The molecule has 0 amide bonds. The van der Waals surface area contributed by atoms with Crippen molar-refractivity contribution < 1.29 is 4.92 Å². The van der Waals surface area contributed by atoms with Crippen LogP contribution in [0.1, 0.15) is 47.0 Å². The van der Waals surface area contributed by atoms with Crippen molar-refractivity contribution in [1.29, 1.82) is 0 Å². The molecule has 8 heteroatoms. The summed E-state index contributed by atoms with van der Waals surface area (Å²) in [6, 6.07) is 0. The fraction of sp³-hybridized carbons (Fsp3) is 0.789. The van der Waals surface area contributed by atoms with Crippen LogP contribution in [0.25, 0.3) is 0 Å². The van der Waals surface area contributed by atoms with E-state index >= 15 is 0 Å². The Kier molecular flexibility index (Phi) is 8.22. The number of hydrogen-bond acceptors (Lipinski definition) is 7. The van der Waals surface area contributed by atoms with Crippen molar-refractivity contribution in [3.05, 3.63) is 16.4 Å². The van der Waals surface area contributed by atoms with Crippen LogP contribution in [0.4, 0.5) is 17.3 Å². The van der Waals surface area contributed by atoms with Crippen LogP contribution in [0.5, 0.6) is 0 Å². The highest BCUT2D eigenvalue weighted by Gasteiger charge is 2.27. The Morgan fingerprint density at radius 1 is 1.15 bits per heavy atom. The molecule has 0 unspecified atom stereocenters. The number of nitrogens with one attached hydrogen (secondary N) is 1. The fourth-order valence-electron chi connectivity index (χ4n) is 3.54. The molecule has 0 radical (unpaired) electrons. The summed E-state index contributed by atoms with van der Waals surface area (Å²) in [5.74, 6) is 1.50. The van der Waals surface area contributed by atoms with Gasteiger partial charge in [0, 0.05) is 26.2 Å². The van der Waals surface area contributed by atoms with Gasteiger partial charge in [-0.15, -0.1) is 0 Å². The van der Waals surface area contributed by atoms with Gasteiger partial charge in [-0.2, -0.15) is 0 Å². The van der Waals surface area contributed by atoms with Crippen LogP contribution in [0, 0.1) is 22.0 Å². The first-order chi connectivity index (χ1) is 12.9. The molecule has 2 rings (SSSR count). The van der Waals surface area contributed by atoms with Crippen molar-refractivity contribution >= 4 is 17.3 Å². The van der Waals surface area contributed by atoms with Crippen LogP contribution < -0.4 is 10.2 Å². The summed E-state index contributed by atoms with van der Waals surface area (Å²) in [7, 11) is 0. The van der Waals surface area contributed by atoms with Crippen LogP contribution >= 0.6 is 0 Å². The number of hydrogen-bond donors (Lipinski definition) is 1.